The Hall–Kier alpha value is -1.69. The van der Waals surface area contributed by atoms with E-state index in [2.05, 4.69) is 9.97 Å². The first-order valence-electron chi connectivity index (χ1n) is 6.67. The molecule has 0 bridgehead atoms. The van der Waals surface area contributed by atoms with Gasteiger partial charge in [0.05, 0.1) is 11.3 Å². The van der Waals surface area contributed by atoms with Crippen LogP contribution in [0.15, 0.2) is 4.79 Å². The highest BCUT2D eigenvalue weighted by molar-refractivity contribution is 7.18. The van der Waals surface area contributed by atoms with Crippen LogP contribution in [0, 0.1) is 19.8 Å². The Morgan fingerprint density at radius 1 is 1.45 bits per heavy atom. The van der Waals surface area contributed by atoms with Crippen molar-refractivity contribution in [2.75, 3.05) is 0 Å². The van der Waals surface area contributed by atoms with Gasteiger partial charge in [-0.3, -0.25) is 9.59 Å². The van der Waals surface area contributed by atoms with Gasteiger partial charge in [0.2, 0.25) is 0 Å². The number of aryl methyl sites for hydroxylation is 2. The monoisotopic (exact) mass is 292 g/mol. The number of ether oxygens (including phenoxy) is 1. The minimum Gasteiger partial charge on any atom is -0.454 e. The van der Waals surface area contributed by atoms with Gasteiger partial charge in [0.1, 0.15) is 4.83 Å². The lowest BCUT2D eigenvalue weighted by Crippen LogP contribution is -2.17. The molecule has 2 aromatic heterocycles. The molecule has 20 heavy (non-hydrogen) atoms. The zero-order valence-corrected chi connectivity index (χ0v) is 12.5. The van der Waals surface area contributed by atoms with E-state index in [1.165, 1.54) is 11.3 Å². The number of H-pyrrole nitrogens is 1. The average molecular weight is 292 g/mol. The highest BCUT2D eigenvalue weighted by Crippen LogP contribution is 2.32. The quantitative estimate of drug-likeness (QED) is 0.883. The standard InChI is InChI=1S/C14H16N2O3S/c1-6-8(3)20-13-10(6)12(17)15-11(16-13)7(2)19-14(18)9-4-5-9/h7,9H,4-5H2,1-3H3,(H,15,16,17)/t7-/m0/s1. The predicted octanol–water partition coefficient (Wildman–Crippen LogP) is 2.62. The molecule has 3 rings (SSSR count). The number of hydrogen-bond acceptors (Lipinski definition) is 5. The molecule has 1 saturated carbocycles. The largest absolute Gasteiger partial charge is 0.454 e. The number of nitrogens with one attached hydrogen (secondary N) is 1. The van der Waals surface area contributed by atoms with Crippen LogP contribution >= 0.6 is 11.3 Å². The second kappa shape index (κ2) is 4.70. The Balaban J connectivity index is 1.95. The second-order valence-corrected chi connectivity index (χ2v) is 6.47. The van der Waals surface area contributed by atoms with Crippen molar-refractivity contribution < 1.29 is 9.53 Å². The van der Waals surface area contributed by atoms with Gasteiger partial charge in [-0.25, -0.2) is 4.98 Å². The Kier molecular flexibility index (Phi) is 3.12. The molecule has 0 aromatic carbocycles. The smallest absolute Gasteiger partial charge is 0.309 e. The molecule has 6 heteroatoms. The summed E-state index contributed by atoms with van der Waals surface area (Å²) in [5, 5.41) is 0.636. The Morgan fingerprint density at radius 2 is 2.15 bits per heavy atom. The van der Waals surface area contributed by atoms with Crippen LogP contribution in [0.1, 0.15) is 42.1 Å². The molecule has 0 saturated heterocycles. The van der Waals surface area contributed by atoms with E-state index in [0.29, 0.717) is 16.0 Å². The lowest BCUT2D eigenvalue weighted by atomic mass is 10.2. The lowest BCUT2D eigenvalue weighted by Gasteiger charge is -2.12. The van der Waals surface area contributed by atoms with Crippen LogP contribution in [-0.2, 0) is 9.53 Å². The Bertz CT molecular complexity index is 743. The summed E-state index contributed by atoms with van der Waals surface area (Å²) in [6.07, 6.45) is 1.28. The molecule has 2 heterocycles. The third-order valence-corrected chi connectivity index (χ3v) is 4.75. The fourth-order valence-corrected chi connectivity index (χ4v) is 3.15. The fourth-order valence-electron chi connectivity index (χ4n) is 2.11. The summed E-state index contributed by atoms with van der Waals surface area (Å²) in [6, 6.07) is 0. The number of fused-ring (bicyclic) bond motifs is 1. The summed E-state index contributed by atoms with van der Waals surface area (Å²) in [6.45, 7) is 5.62. The highest BCUT2D eigenvalue weighted by atomic mass is 32.1. The molecule has 1 atom stereocenters. The van der Waals surface area contributed by atoms with Gasteiger partial charge in [-0.05, 0) is 39.2 Å². The second-order valence-electron chi connectivity index (χ2n) is 5.27. The van der Waals surface area contributed by atoms with Crippen LogP contribution in [0.5, 0.6) is 0 Å². The first-order valence-corrected chi connectivity index (χ1v) is 7.49. The molecule has 0 amide bonds. The van der Waals surface area contributed by atoms with Crippen molar-refractivity contribution in [3.63, 3.8) is 0 Å². The van der Waals surface area contributed by atoms with E-state index in [1.807, 2.05) is 13.8 Å². The Labute approximate surface area is 120 Å². The number of hydrogen-bond donors (Lipinski definition) is 1. The third-order valence-electron chi connectivity index (χ3n) is 3.65. The van der Waals surface area contributed by atoms with Crippen LogP contribution in [-0.4, -0.2) is 15.9 Å². The van der Waals surface area contributed by atoms with Crippen molar-refractivity contribution in [2.24, 2.45) is 5.92 Å². The van der Waals surface area contributed by atoms with Crippen molar-refractivity contribution in [1.82, 2.24) is 9.97 Å². The van der Waals surface area contributed by atoms with Crippen molar-refractivity contribution in [3.8, 4) is 0 Å². The first kappa shape index (κ1) is 13.3. The molecule has 1 aliphatic rings. The predicted molar refractivity (Wildman–Crippen MR) is 76.9 cm³/mol. The summed E-state index contributed by atoms with van der Waals surface area (Å²) < 4.78 is 5.33. The molecule has 0 aliphatic heterocycles. The summed E-state index contributed by atoms with van der Waals surface area (Å²) in [4.78, 5) is 32.7. The van der Waals surface area contributed by atoms with E-state index >= 15 is 0 Å². The molecular weight excluding hydrogens is 276 g/mol. The molecule has 1 aliphatic carbocycles. The van der Waals surface area contributed by atoms with E-state index < -0.39 is 6.10 Å². The minimum absolute atomic E-state index is 0.0409. The third kappa shape index (κ3) is 2.24. The van der Waals surface area contributed by atoms with Crippen molar-refractivity contribution in [2.45, 2.75) is 39.7 Å². The van der Waals surface area contributed by atoms with Gasteiger partial charge in [-0.15, -0.1) is 11.3 Å². The van der Waals surface area contributed by atoms with E-state index in [-0.39, 0.29) is 17.4 Å². The van der Waals surface area contributed by atoms with Crippen molar-refractivity contribution >= 4 is 27.5 Å². The minimum atomic E-state index is -0.525. The normalized spacial score (nSPS) is 16.4. The van der Waals surface area contributed by atoms with Crippen LogP contribution in [0.3, 0.4) is 0 Å². The van der Waals surface area contributed by atoms with Gasteiger partial charge in [0, 0.05) is 4.88 Å². The van der Waals surface area contributed by atoms with Gasteiger partial charge in [-0.2, -0.15) is 0 Å². The molecule has 0 radical (unpaired) electrons. The lowest BCUT2D eigenvalue weighted by molar-refractivity contribution is -0.150. The number of carbonyl (C=O) groups excluding carboxylic acids is 1. The molecule has 5 nitrogen and oxygen atoms in total. The molecule has 2 aromatic rings. The average Bonchev–Trinajstić information content (AvgIpc) is 3.17. The van der Waals surface area contributed by atoms with Gasteiger partial charge in [0.25, 0.3) is 5.56 Å². The fraction of sp³-hybridized carbons (Fsp3) is 0.500. The van der Waals surface area contributed by atoms with Crippen LogP contribution in [0.25, 0.3) is 10.2 Å². The topological polar surface area (TPSA) is 72.0 Å². The number of nitrogens with zero attached hydrogens (tertiary/aromatic N) is 1. The van der Waals surface area contributed by atoms with E-state index in [4.69, 9.17) is 4.74 Å². The molecule has 1 fully saturated rings. The summed E-state index contributed by atoms with van der Waals surface area (Å²) in [5.41, 5.74) is 0.800. The van der Waals surface area contributed by atoms with Gasteiger partial charge < -0.3 is 9.72 Å². The van der Waals surface area contributed by atoms with E-state index in [1.54, 1.807) is 6.92 Å². The molecule has 0 spiro atoms. The van der Waals surface area contributed by atoms with Crippen LogP contribution < -0.4 is 5.56 Å². The highest BCUT2D eigenvalue weighted by Gasteiger charge is 2.32. The summed E-state index contributed by atoms with van der Waals surface area (Å²) in [5.74, 6) is 0.260. The molecule has 1 N–H and O–H groups in total. The van der Waals surface area contributed by atoms with Crippen LogP contribution in [0.2, 0.25) is 0 Å². The zero-order chi connectivity index (χ0) is 14.4. The van der Waals surface area contributed by atoms with Crippen LogP contribution in [0.4, 0.5) is 0 Å². The Morgan fingerprint density at radius 3 is 2.80 bits per heavy atom. The number of aromatic nitrogens is 2. The number of esters is 1. The number of thiophene rings is 1. The van der Waals surface area contributed by atoms with Crippen molar-refractivity contribution in [3.05, 3.63) is 26.6 Å². The maximum atomic E-state index is 12.1. The maximum absolute atomic E-state index is 12.1. The summed E-state index contributed by atoms with van der Waals surface area (Å²) >= 11 is 1.49. The van der Waals surface area contributed by atoms with E-state index in [0.717, 1.165) is 23.3 Å². The molecule has 0 unspecified atom stereocenters. The van der Waals surface area contributed by atoms with Gasteiger partial charge in [0.15, 0.2) is 11.9 Å². The first-order chi connectivity index (χ1) is 9.47. The number of aromatic amines is 1. The van der Waals surface area contributed by atoms with Gasteiger partial charge in [-0.1, -0.05) is 0 Å². The number of carbonyl (C=O) groups is 1. The summed E-state index contributed by atoms with van der Waals surface area (Å²) in [7, 11) is 0. The zero-order valence-electron chi connectivity index (χ0n) is 11.6. The maximum Gasteiger partial charge on any atom is 0.309 e. The molecule has 106 valence electrons. The SMILES string of the molecule is Cc1sc2nc([C@H](C)OC(=O)C3CC3)[nH]c(=O)c2c1C. The number of rotatable bonds is 3. The van der Waals surface area contributed by atoms with E-state index in [9.17, 15) is 9.59 Å². The van der Waals surface area contributed by atoms with Crippen molar-refractivity contribution in [1.29, 1.82) is 0 Å². The molecular formula is C14H16N2O3S. The van der Waals surface area contributed by atoms with Gasteiger partial charge >= 0.3 is 5.97 Å².